The molecule has 3 aromatic rings. The first-order valence-corrected chi connectivity index (χ1v) is 7.63. The zero-order valence-corrected chi connectivity index (χ0v) is 13.7. The Morgan fingerprint density at radius 1 is 1.24 bits per heavy atom. The van der Waals surface area contributed by atoms with Gasteiger partial charge in [0.1, 0.15) is 17.7 Å². The van der Waals surface area contributed by atoms with Crippen molar-refractivity contribution in [1.82, 2.24) is 20.2 Å². The number of halogens is 3. The number of aromatic nitrogens is 4. The van der Waals surface area contributed by atoms with E-state index in [0.717, 1.165) is 10.9 Å². The molecule has 0 bridgehead atoms. The average molecular weight is 364 g/mol. The van der Waals surface area contributed by atoms with E-state index < -0.39 is 23.6 Å². The van der Waals surface area contributed by atoms with Gasteiger partial charge in [-0.1, -0.05) is 23.7 Å². The normalized spacial score (nSPS) is 12.0. The third kappa shape index (κ3) is 3.80. The minimum absolute atomic E-state index is 0.0993. The zero-order valence-electron chi connectivity index (χ0n) is 12.9. The van der Waals surface area contributed by atoms with Gasteiger partial charge in [-0.05, 0) is 42.5 Å². The molecule has 1 amide bonds. The molecular formula is C16H12ClF2N5O. The van der Waals surface area contributed by atoms with Gasteiger partial charge in [-0.25, -0.2) is 8.78 Å². The van der Waals surface area contributed by atoms with Gasteiger partial charge < -0.3 is 5.32 Å². The van der Waals surface area contributed by atoms with Gasteiger partial charge in [-0.2, -0.15) is 4.80 Å². The van der Waals surface area contributed by atoms with Crippen molar-refractivity contribution in [3.8, 4) is 11.4 Å². The van der Waals surface area contributed by atoms with E-state index in [0.29, 0.717) is 11.3 Å². The summed E-state index contributed by atoms with van der Waals surface area (Å²) in [5.74, 6) is -1.24. The van der Waals surface area contributed by atoms with Gasteiger partial charge in [-0.3, -0.25) is 4.79 Å². The number of hydrogen-bond acceptors (Lipinski definition) is 4. The molecular weight excluding hydrogens is 352 g/mol. The van der Waals surface area contributed by atoms with E-state index in [4.69, 9.17) is 11.6 Å². The molecule has 6 nitrogen and oxygen atoms in total. The predicted octanol–water partition coefficient (Wildman–Crippen LogP) is 3.47. The molecule has 1 heterocycles. The molecule has 128 valence electrons. The summed E-state index contributed by atoms with van der Waals surface area (Å²) < 4.78 is 26.4. The Morgan fingerprint density at radius 3 is 2.76 bits per heavy atom. The van der Waals surface area contributed by atoms with E-state index in [1.807, 2.05) is 0 Å². The van der Waals surface area contributed by atoms with Crippen LogP contribution < -0.4 is 5.32 Å². The molecule has 25 heavy (non-hydrogen) atoms. The fourth-order valence-corrected chi connectivity index (χ4v) is 2.24. The van der Waals surface area contributed by atoms with E-state index in [1.165, 1.54) is 30.3 Å². The highest BCUT2D eigenvalue weighted by atomic mass is 35.5. The lowest BCUT2D eigenvalue weighted by Gasteiger charge is -2.11. The summed E-state index contributed by atoms with van der Waals surface area (Å²) in [5, 5.41) is 14.2. The second-order valence-corrected chi connectivity index (χ2v) is 5.65. The third-order valence-corrected chi connectivity index (χ3v) is 3.71. The predicted molar refractivity (Wildman–Crippen MR) is 88.0 cm³/mol. The largest absolute Gasteiger partial charge is 0.324 e. The molecule has 1 N–H and O–H groups in total. The number of nitrogens with zero attached hydrogens (tertiary/aromatic N) is 4. The zero-order chi connectivity index (χ0) is 18.0. The lowest BCUT2D eigenvalue weighted by molar-refractivity contribution is -0.119. The summed E-state index contributed by atoms with van der Waals surface area (Å²) >= 11 is 5.68. The molecule has 0 saturated heterocycles. The van der Waals surface area contributed by atoms with Crippen LogP contribution in [0.4, 0.5) is 14.5 Å². The topological polar surface area (TPSA) is 72.7 Å². The number of rotatable bonds is 4. The van der Waals surface area contributed by atoms with E-state index in [-0.39, 0.29) is 10.8 Å². The summed E-state index contributed by atoms with van der Waals surface area (Å²) in [7, 11) is 0. The number of anilines is 1. The first kappa shape index (κ1) is 17.0. The first-order valence-electron chi connectivity index (χ1n) is 7.25. The summed E-state index contributed by atoms with van der Waals surface area (Å²) in [6.07, 6.45) is 0. The number of carbonyl (C=O) groups is 1. The number of benzene rings is 2. The molecule has 1 aromatic heterocycles. The minimum atomic E-state index is -0.793. The summed E-state index contributed by atoms with van der Waals surface area (Å²) in [6.45, 7) is 1.57. The Kier molecular flexibility index (Phi) is 4.71. The van der Waals surface area contributed by atoms with Crippen molar-refractivity contribution >= 4 is 23.2 Å². The van der Waals surface area contributed by atoms with Crippen LogP contribution in [0.15, 0.2) is 42.5 Å². The van der Waals surface area contributed by atoms with Crippen LogP contribution >= 0.6 is 11.6 Å². The number of tetrazole rings is 1. The van der Waals surface area contributed by atoms with Gasteiger partial charge in [0, 0.05) is 11.3 Å². The van der Waals surface area contributed by atoms with Crippen LogP contribution in [0.1, 0.15) is 13.0 Å². The lowest BCUT2D eigenvalue weighted by atomic mass is 10.2. The number of hydrogen-bond donors (Lipinski definition) is 1. The van der Waals surface area contributed by atoms with Crippen molar-refractivity contribution in [2.75, 3.05) is 5.32 Å². The number of carbonyl (C=O) groups excluding carboxylic acids is 1. The van der Waals surface area contributed by atoms with E-state index in [9.17, 15) is 13.6 Å². The molecule has 0 spiro atoms. The van der Waals surface area contributed by atoms with Crippen molar-refractivity contribution in [3.05, 3.63) is 59.1 Å². The molecule has 3 rings (SSSR count). The Labute approximate surface area is 146 Å². The maximum absolute atomic E-state index is 13.3. The molecule has 0 unspecified atom stereocenters. The average Bonchev–Trinajstić information content (AvgIpc) is 3.07. The maximum atomic E-state index is 13.3. The molecule has 0 fully saturated rings. The van der Waals surface area contributed by atoms with Crippen LogP contribution in [0, 0.1) is 11.6 Å². The third-order valence-electron chi connectivity index (χ3n) is 3.42. The molecule has 0 radical (unpaired) electrons. The van der Waals surface area contributed by atoms with Crippen molar-refractivity contribution in [3.63, 3.8) is 0 Å². The Hall–Kier alpha value is -2.87. The van der Waals surface area contributed by atoms with Crippen LogP contribution in [0.25, 0.3) is 11.4 Å². The standard InChI is InChI=1S/C16H12ClF2N5O/c1-9(16(25)20-12-5-6-14(19)13(17)8-12)24-22-15(21-23-24)10-3-2-4-11(18)7-10/h2-9H,1H3,(H,20,25)/t9-/m0/s1. The Bertz CT molecular complexity index is 930. The molecule has 0 aliphatic carbocycles. The summed E-state index contributed by atoms with van der Waals surface area (Å²) in [4.78, 5) is 13.4. The highest BCUT2D eigenvalue weighted by Gasteiger charge is 2.19. The van der Waals surface area contributed by atoms with Crippen LogP contribution in [0.5, 0.6) is 0 Å². The molecule has 0 aliphatic heterocycles. The van der Waals surface area contributed by atoms with E-state index in [2.05, 4.69) is 20.7 Å². The molecule has 0 aliphatic rings. The van der Waals surface area contributed by atoms with Gasteiger partial charge >= 0.3 is 0 Å². The van der Waals surface area contributed by atoms with Gasteiger partial charge in [0.25, 0.3) is 5.91 Å². The number of amides is 1. The maximum Gasteiger partial charge on any atom is 0.250 e. The molecule has 9 heteroatoms. The minimum Gasteiger partial charge on any atom is -0.324 e. The number of nitrogens with one attached hydrogen (secondary N) is 1. The smallest absolute Gasteiger partial charge is 0.250 e. The second-order valence-electron chi connectivity index (χ2n) is 5.24. The molecule has 1 atom stereocenters. The van der Waals surface area contributed by atoms with Crippen LogP contribution in [-0.4, -0.2) is 26.1 Å². The fourth-order valence-electron chi connectivity index (χ4n) is 2.06. The van der Waals surface area contributed by atoms with Gasteiger partial charge in [0.2, 0.25) is 5.82 Å². The van der Waals surface area contributed by atoms with Crippen LogP contribution in [0.2, 0.25) is 5.02 Å². The van der Waals surface area contributed by atoms with Crippen molar-refractivity contribution in [2.45, 2.75) is 13.0 Å². The summed E-state index contributed by atoms with van der Waals surface area (Å²) in [5.41, 5.74) is 0.790. The van der Waals surface area contributed by atoms with Gasteiger partial charge in [0.05, 0.1) is 5.02 Å². The van der Waals surface area contributed by atoms with Gasteiger partial charge in [-0.15, -0.1) is 10.2 Å². The van der Waals surface area contributed by atoms with Crippen LogP contribution in [0.3, 0.4) is 0 Å². The Morgan fingerprint density at radius 2 is 2.04 bits per heavy atom. The van der Waals surface area contributed by atoms with Crippen molar-refractivity contribution < 1.29 is 13.6 Å². The van der Waals surface area contributed by atoms with Crippen molar-refractivity contribution in [2.24, 2.45) is 0 Å². The molecule has 2 aromatic carbocycles. The highest BCUT2D eigenvalue weighted by molar-refractivity contribution is 6.31. The monoisotopic (exact) mass is 363 g/mol. The van der Waals surface area contributed by atoms with E-state index >= 15 is 0 Å². The van der Waals surface area contributed by atoms with E-state index in [1.54, 1.807) is 13.0 Å². The highest BCUT2D eigenvalue weighted by Crippen LogP contribution is 2.20. The lowest BCUT2D eigenvalue weighted by Crippen LogP contribution is -2.25. The molecule has 0 saturated carbocycles. The SMILES string of the molecule is C[C@@H](C(=O)Nc1ccc(F)c(Cl)c1)n1nnc(-c2cccc(F)c2)n1. The second kappa shape index (κ2) is 6.94. The fraction of sp³-hybridized carbons (Fsp3) is 0.125. The van der Waals surface area contributed by atoms with Crippen molar-refractivity contribution in [1.29, 1.82) is 0 Å². The Balaban J connectivity index is 1.75. The van der Waals surface area contributed by atoms with Gasteiger partial charge in [0.15, 0.2) is 0 Å². The first-order chi connectivity index (χ1) is 11.9. The quantitative estimate of drug-likeness (QED) is 0.770. The van der Waals surface area contributed by atoms with Crippen LogP contribution in [-0.2, 0) is 4.79 Å². The summed E-state index contributed by atoms with van der Waals surface area (Å²) in [6, 6.07) is 8.78.